The molecule has 1 fully saturated rings. The summed E-state index contributed by atoms with van der Waals surface area (Å²) in [7, 11) is 0. The van der Waals surface area contributed by atoms with Gasteiger partial charge in [-0.1, -0.05) is 12.2 Å². The summed E-state index contributed by atoms with van der Waals surface area (Å²) >= 11 is 4.94. The standard InChI is InChI=1S/C12H23N3OS/c1-9(7-12(13)17)15-5-3-11(4-6-15)8-14-10(2)16/h9,11H,3-8H2,1-2H3,(H2,13,17)(H,14,16). The Bertz CT molecular complexity index is 275. The van der Waals surface area contributed by atoms with Crippen molar-refractivity contribution in [1.82, 2.24) is 10.2 Å². The first-order valence-corrected chi connectivity index (χ1v) is 6.66. The first kappa shape index (κ1) is 14.4. The van der Waals surface area contributed by atoms with Gasteiger partial charge >= 0.3 is 0 Å². The second kappa shape index (κ2) is 6.91. The molecule has 1 rings (SSSR count). The van der Waals surface area contributed by atoms with Crippen molar-refractivity contribution in [2.75, 3.05) is 19.6 Å². The quantitative estimate of drug-likeness (QED) is 0.719. The summed E-state index contributed by atoms with van der Waals surface area (Å²) in [4.78, 5) is 13.9. The van der Waals surface area contributed by atoms with Crippen LogP contribution >= 0.6 is 12.2 Å². The van der Waals surface area contributed by atoms with E-state index in [9.17, 15) is 4.79 Å². The van der Waals surface area contributed by atoms with E-state index < -0.39 is 0 Å². The molecule has 0 aliphatic carbocycles. The number of likely N-dealkylation sites (tertiary alicyclic amines) is 1. The fraction of sp³-hybridized carbons (Fsp3) is 0.833. The molecule has 0 radical (unpaired) electrons. The van der Waals surface area contributed by atoms with Crippen molar-refractivity contribution < 1.29 is 4.79 Å². The number of hydrogen-bond acceptors (Lipinski definition) is 3. The van der Waals surface area contributed by atoms with Crippen LogP contribution in [0.2, 0.25) is 0 Å². The molecule has 0 aromatic rings. The maximum atomic E-state index is 10.8. The van der Waals surface area contributed by atoms with Crippen molar-refractivity contribution in [1.29, 1.82) is 0 Å². The lowest BCUT2D eigenvalue weighted by Crippen LogP contribution is -2.43. The summed E-state index contributed by atoms with van der Waals surface area (Å²) in [6.45, 7) is 6.71. The second-order valence-electron chi connectivity index (χ2n) is 4.94. The minimum absolute atomic E-state index is 0.0641. The Balaban J connectivity index is 2.25. The van der Waals surface area contributed by atoms with E-state index >= 15 is 0 Å². The van der Waals surface area contributed by atoms with Gasteiger partial charge in [0.15, 0.2) is 0 Å². The van der Waals surface area contributed by atoms with Gasteiger partial charge in [-0.15, -0.1) is 0 Å². The van der Waals surface area contributed by atoms with Crippen LogP contribution in [0.3, 0.4) is 0 Å². The highest BCUT2D eigenvalue weighted by molar-refractivity contribution is 7.80. The first-order chi connectivity index (χ1) is 7.99. The molecule has 0 bridgehead atoms. The van der Waals surface area contributed by atoms with Gasteiger partial charge in [-0.25, -0.2) is 0 Å². The first-order valence-electron chi connectivity index (χ1n) is 6.26. The van der Waals surface area contributed by atoms with Crippen molar-refractivity contribution in [3.8, 4) is 0 Å². The third kappa shape index (κ3) is 5.46. The number of thiocarbonyl (C=S) groups is 1. The van der Waals surface area contributed by atoms with Crippen molar-refractivity contribution in [3.63, 3.8) is 0 Å². The van der Waals surface area contributed by atoms with E-state index in [-0.39, 0.29) is 5.91 Å². The molecule has 0 spiro atoms. The molecular weight excluding hydrogens is 234 g/mol. The highest BCUT2D eigenvalue weighted by Gasteiger charge is 2.22. The van der Waals surface area contributed by atoms with E-state index in [0.717, 1.165) is 38.9 Å². The molecule has 17 heavy (non-hydrogen) atoms. The van der Waals surface area contributed by atoms with Crippen LogP contribution in [-0.4, -0.2) is 41.5 Å². The zero-order valence-corrected chi connectivity index (χ0v) is 11.6. The van der Waals surface area contributed by atoms with Crippen LogP contribution in [-0.2, 0) is 4.79 Å². The van der Waals surface area contributed by atoms with E-state index in [1.807, 2.05) is 0 Å². The highest BCUT2D eigenvalue weighted by atomic mass is 32.1. The Morgan fingerprint density at radius 1 is 1.53 bits per heavy atom. The van der Waals surface area contributed by atoms with E-state index in [1.54, 1.807) is 6.92 Å². The number of carbonyl (C=O) groups is 1. The highest BCUT2D eigenvalue weighted by Crippen LogP contribution is 2.19. The van der Waals surface area contributed by atoms with E-state index in [1.165, 1.54) is 0 Å². The topological polar surface area (TPSA) is 58.4 Å². The maximum absolute atomic E-state index is 10.8. The van der Waals surface area contributed by atoms with Gasteiger partial charge in [-0.2, -0.15) is 0 Å². The lowest BCUT2D eigenvalue weighted by atomic mass is 9.95. The van der Waals surface area contributed by atoms with Crippen LogP contribution in [0, 0.1) is 5.92 Å². The monoisotopic (exact) mass is 257 g/mol. The number of nitrogens with one attached hydrogen (secondary N) is 1. The van der Waals surface area contributed by atoms with E-state index in [0.29, 0.717) is 16.9 Å². The lowest BCUT2D eigenvalue weighted by molar-refractivity contribution is -0.119. The molecule has 1 aliphatic rings. The molecule has 1 amide bonds. The zero-order chi connectivity index (χ0) is 12.8. The largest absolute Gasteiger partial charge is 0.393 e. The van der Waals surface area contributed by atoms with Gasteiger partial charge in [0.2, 0.25) is 5.91 Å². The number of amides is 1. The predicted octanol–water partition coefficient (Wildman–Crippen LogP) is 0.899. The SMILES string of the molecule is CC(=O)NCC1CCN(C(C)CC(N)=S)CC1. The summed E-state index contributed by atoms with van der Waals surface area (Å²) in [5.74, 6) is 0.682. The molecule has 0 aromatic carbocycles. The van der Waals surface area contributed by atoms with Crippen LogP contribution in [0.4, 0.5) is 0 Å². The molecule has 0 aromatic heterocycles. The van der Waals surface area contributed by atoms with Crippen LogP contribution in [0.25, 0.3) is 0 Å². The van der Waals surface area contributed by atoms with Crippen molar-refractivity contribution in [3.05, 3.63) is 0 Å². The molecule has 3 N–H and O–H groups in total. The van der Waals surface area contributed by atoms with Crippen LogP contribution in [0.5, 0.6) is 0 Å². The predicted molar refractivity (Wildman–Crippen MR) is 73.8 cm³/mol. The third-order valence-corrected chi connectivity index (χ3v) is 3.58. The number of hydrogen-bond donors (Lipinski definition) is 2. The second-order valence-corrected chi connectivity index (χ2v) is 5.46. The van der Waals surface area contributed by atoms with Crippen LogP contribution in [0.15, 0.2) is 0 Å². The molecular formula is C12H23N3OS. The van der Waals surface area contributed by atoms with Gasteiger partial charge in [0.1, 0.15) is 0 Å². The van der Waals surface area contributed by atoms with Gasteiger partial charge in [-0.05, 0) is 38.8 Å². The fourth-order valence-corrected chi connectivity index (χ4v) is 2.55. The summed E-state index contributed by atoms with van der Waals surface area (Å²) in [6.07, 6.45) is 3.08. The maximum Gasteiger partial charge on any atom is 0.216 e. The molecule has 1 saturated heterocycles. The average Bonchev–Trinajstić information content (AvgIpc) is 2.26. The smallest absolute Gasteiger partial charge is 0.216 e. The van der Waals surface area contributed by atoms with Gasteiger partial charge in [0.05, 0.1) is 4.99 Å². The van der Waals surface area contributed by atoms with E-state index in [4.69, 9.17) is 18.0 Å². The van der Waals surface area contributed by atoms with Gasteiger partial charge in [0.25, 0.3) is 0 Å². The Morgan fingerprint density at radius 3 is 2.59 bits per heavy atom. The average molecular weight is 257 g/mol. The molecule has 5 heteroatoms. The molecule has 1 unspecified atom stereocenters. The van der Waals surface area contributed by atoms with Crippen LogP contribution < -0.4 is 11.1 Å². The molecule has 98 valence electrons. The minimum atomic E-state index is 0.0641. The molecule has 1 heterocycles. The fourth-order valence-electron chi connectivity index (χ4n) is 2.31. The Labute approximate surface area is 109 Å². The van der Waals surface area contributed by atoms with Crippen LogP contribution in [0.1, 0.15) is 33.1 Å². The number of carbonyl (C=O) groups excluding carboxylic acids is 1. The van der Waals surface area contributed by atoms with Gasteiger partial charge in [0, 0.05) is 25.9 Å². The number of piperidine rings is 1. The van der Waals surface area contributed by atoms with Gasteiger partial charge in [-0.3, -0.25) is 4.79 Å². The number of nitrogens with zero attached hydrogens (tertiary/aromatic N) is 1. The molecule has 1 aliphatic heterocycles. The Kier molecular flexibility index (Phi) is 5.85. The van der Waals surface area contributed by atoms with Crippen molar-refractivity contribution in [2.45, 2.75) is 39.2 Å². The summed E-state index contributed by atoms with van der Waals surface area (Å²) < 4.78 is 0. The molecule has 1 atom stereocenters. The Hall–Kier alpha value is -0.680. The zero-order valence-electron chi connectivity index (χ0n) is 10.7. The van der Waals surface area contributed by atoms with Crippen molar-refractivity contribution in [2.24, 2.45) is 11.7 Å². The summed E-state index contributed by atoms with van der Waals surface area (Å²) in [5.41, 5.74) is 5.57. The van der Waals surface area contributed by atoms with Gasteiger partial charge < -0.3 is 16.0 Å². The Morgan fingerprint density at radius 2 is 2.12 bits per heavy atom. The molecule has 0 saturated carbocycles. The van der Waals surface area contributed by atoms with E-state index in [2.05, 4.69) is 17.1 Å². The number of rotatable bonds is 5. The van der Waals surface area contributed by atoms with Crippen molar-refractivity contribution >= 4 is 23.1 Å². The number of nitrogens with two attached hydrogens (primary N) is 1. The minimum Gasteiger partial charge on any atom is -0.393 e. The third-order valence-electron chi connectivity index (χ3n) is 3.41. The molecule has 4 nitrogen and oxygen atoms in total. The lowest BCUT2D eigenvalue weighted by Gasteiger charge is -2.36. The summed E-state index contributed by atoms with van der Waals surface area (Å²) in [6, 6.07) is 0.439. The summed E-state index contributed by atoms with van der Waals surface area (Å²) in [5, 5.41) is 2.89. The normalized spacial score (nSPS) is 19.9.